The number of benzene rings is 2. The van der Waals surface area contributed by atoms with Gasteiger partial charge in [0, 0.05) is 12.1 Å². The van der Waals surface area contributed by atoms with E-state index in [1.165, 1.54) is 6.07 Å². The van der Waals surface area contributed by atoms with Crippen molar-refractivity contribution in [2.24, 2.45) is 0 Å². The molecule has 2 aromatic carbocycles. The van der Waals surface area contributed by atoms with Crippen molar-refractivity contribution >= 4 is 6.09 Å². The Bertz CT molecular complexity index is 543. The van der Waals surface area contributed by atoms with Crippen LogP contribution in [0.4, 0.5) is 9.18 Å². The van der Waals surface area contributed by atoms with Crippen LogP contribution in [-0.2, 0) is 17.9 Å². The molecule has 0 saturated heterocycles. The van der Waals surface area contributed by atoms with Crippen LogP contribution in [0.5, 0.6) is 0 Å². The molecule has 0 aromatic heterocycles. The lowest BCUT2D eigenvalue weighted by atomic mass is 10.2. The van der Waals surface area contributed by atoms with Crippen molar-refractivity contribution in [3.05, 3.63) is 71.5 Å². The first-order valence-corrected chi connectivity index (χ1v) is 5.93. The second kappa shape index (κ2) is 6.54. The number of alkyl carbamates (subject to hydrolysis) is 1. The maximum Gasteiger partial charge on any atom is 0.407 e. The molecule has 3 nitrogen and oxygen atoms in total. The van der Waals surface area contributed by atoms with Crippen LogP contribution in [0.15, 0.2) is 54.6 Å². The lowest BCUT2D eigenvalue weighted by Gasteiger charge is -2.07. The van der Waals surface area contributed by atoms with Gasteiger partial charge in [-0.1, -0.05) is 48.5 Å². The molecule has 0 aliphatic carbocycles. The summed E-state index contributed by atoms with van der Waals surface area (Å²) in [6, 6.07) is 15.7. The van der Waals surface area contributed by atoms with Crippen LogP contribution in [0.3, 0.4) is 0 Å². The first-order chi connectivity index (χ1) is 9.25. The lowest BCUT2D eigenvalue weighted by molar-refractivity contribution is 0.139. The molecule has 0 aliphatic rings. The fourth-order valence-corrected chi connectivity index (χ4v) is 1.58. The molecule has 1 N–H and O–H groups in total. The molecule has 4 heteroatoms. The predicted molar refractivity (Wildman–Crippen MR) is 69.9 cm³/mol. The molecule has 0 unspecified atom stereocenters. The van der Waals surface area contributed by atoms with Gasteiger partial charge in [0.25, 0.3) is 0 Å². The molecule has 0 spiro atoms. The van der Waals surface area contributed by atoms with Crippen LogP contribution in [0.2, 0.25) is 0 Å². The third-order valence-corrected chi connectivity index (χ3v) is 2.59. The Labute approximate surface area is 111 Å². The fraction of sp³-hybridized carbons (Fsp3) is 0.133. The van der Waals surface area contributed by atoms with E-state index in [1.54, 1.807) is 18.2 Å². The summed E-state index contributed by atoms with van der Waals surface area (Å²) in [5, 5.41) is 2.51. The zero-order valence-corrected chi connectivity index (χ0v) is 10.3. The van der Waals surface area contributed by atoms with Crippen LogP contribution in [0.25, 0.3) is 0 Å². The Kier molecular flexibility index (Phi) is 4.50. The molecule has 0 heterocycles. The maximum atomic E-state index is 13.3. The highest BCUT2D eigenvalue weighted by Crippen LogP contribution is 2.06. The third kappa shape index (κ3) is 4.10. The Morgan fingerprint density at radius 3 is 2.47 bits per heavy atom. The van der Waals surface area contributed by atoms with Crippen LogP contribution in [0, 0.1) is 5.82 Å². The van der Waals surface area contributed by atoms with Crippen molar-refractivity contribution in [2.45, 2.75) is 13.2 Å². The number of hydrogen-bond acceptors (Lipinski definition) is 2. The summed E-state index contributed by atoms with van der Waals surface area (Å²) in [5.41, 5.74) is 1.34. The van der Waals surface area contributed by atoms with Gasteiger partial charge < -0.3 is 10.1 Å². The van der Waals surface area contributed by atoms with Gasteiger partial charge in [0.15, 0.2) is 0 Å². The zero-order chi connectivity index (χ0) is 13.5. The van der Waals surface area contributed by atoms with E-state index in [9.17, 15) is 9.18 Å². The van der Waals surface area contributed by atoms with E-state index in [0.717, 1.165) is 5.56 Å². The molecule has 0 radical (unpaired) electrons. The first-order valence-electron chi connectivity index (χ1n) is 5.93. The quantitative estimate of drug-likeness (QED) is 0.915. The zero-order valence-electron chi connectivity index (χ0n) is 10.3. The monoisotopic (exact) mass is 259 g/mol. The number of hydrogen-bond donors (Lipinski definition) is 1. The minimum atomic E-state index is -0.563. The Morgan fingerprint density at radius 1 is 1.05 bits per heavy atom. The number of rotatable bonds is 4. The van der Waals surface area contributed by atoms with Crippen LogP contribution >= 0.6 is 0 Å². The maximum absolute atomic E-state index is 13.3. The topological polar surface area (TPSA) is 38.3 Å². The molecule has 0 bridgehead atoms. The van der Waals surface area contributed by atoms with Gasteiger partial charge in [0.05, 0.1) is 0 Å². The van der Waals surface area contributed by atoms with E-state index in [-0.39, 0.29) is 19.0 Å². The van der Waals surface area contributed by atoms with Gasteiger partial charge >= 0.3 is 6.09 Å². The van der Waals surface area contributed by atoms with Crippen LogP contribution < -0.4 is 5.32 Å². The van der Waals surface area contributed by atoms with Crippen molar-refractivity contribution in [3.8, 4) is 0 Å². The number of carbonyl (C=O) groups excluding carboxylic acids is 1. The molecule has 1 amide bonds. The fourth-order valence-electron chi connectivity index (χ4n) is 1.58. The van der Waals surface area contributed by atoms with E-state index >= 15 is 0 Å². The van der Waals surface area contributed by atoms with E-state index in [0.29, 0.717) is 5.56 Å². The summed E-state index contributed by atoms with van der Waals surface area (Å²) in [7, 11) is 0. The Morgan fingerprint density at radius 2 is 1.74 bits per heavy atom. The minimum Gasteiger partial charge on any atom is -0.445 e. The van der Waals surface area contributed by atoms with Gasteiger partial charge in [-0.3, -0.25) is 0 Å². The molecule has 0 atom stereocenters. The second-order valence-corrected chi connectivity index (χ2v) is 4.01. The Balaban J connectivity index is 1.78. The summed E-state index contributed by atoms with van der Waals surface area (Å²) >= 11 is 0. The van der Waals surface area contributed by atoms with E-state index in [1.807, 2.05) is 30.3 Å². The molecule has 2 rings (SSSR count). The number of carbonyl (C=O) groups is 1. The van der Waals surface area contributed by atoms with Gasteiger partial charge in [-0.2, -0.15) is 0 Å². The highest BCUT2D eigenvalue weighted by Gasteiger charge is 2.05. The summed E-state index contributed by atoms with van der Waals surface area (Å²) in [4.78, 5) is 11.4. The van der Waals surface area contributed by atoms with Crippen LogP contribution in [0.1, 0.15) is 11.1 Å². The average Bonchev–Trinajstić information content (AvgIpc) is 2.45. The minimum absolute atomic E-state index is 0.111. The number of ether oxygens (including phenoxy) is 1. The van der Waals surface area contributed by atoms with Crippen molar-refractivity contribution in [1.82, 2.24) is 5.32 Å². The third-order valence-electron chi connectivity index (χ3n) is 2.59. The van der Waals surface area contributed by atoms with Gasteiger partial charge in [0.2, 0.25) is 0 Å². The molecule has 98 valence electrons. The predicted octanol–water partition coefficient (Wildman–Crippen LogP) is 3.25. The Hall–Kier alpha value is -2.36. The van der Waals surface area contributed by atoms with Crippen molar-refractivity contribution in [1.29, 1.82) is 0 Å². The van der Waals surface area contributed by atoms with E-state index in [2.05, 4.69) is 5.32 Å². The molecular weight excluding hydrogens is 245 g/mol. The van der Waals surface area contributed by atoms with Gasteiger partial charge in [0.1, 0.15) is 12.4 Å². The standard InChI is InChI=1S/C15H14FNO2/c16-14-9-5-4-8-13(14)10-17-15(18)19-11-12-6-2-1-3-7-12/h1-9H,10-11H2,(H,17,18). The summed E-state index contributed by atoms with van der Waals surface area (Å²) < 4.78 is 18.3. The summed E-state index contributed by atoms with van der Waals surface area (Å²) in [5.74, 6) is -0.342. The smallest absolute Gasteiger partial charge is 0.407 e. The molecule has 0 fully saturated rings. The van der Waals surface area contributed by atoms with Crippen molar-refractivity contribution in [3.63, 3.8) is 0 Å². The van der Waals surface area contributed by atoms with Gasteiger partial charge in [-0.15, -0.1) is 0 Å². The first kappa shape index (κ1) is 13.1. The highest BCUT2D eigenvalue weighted by molar-refractivity contribution is 5.67. The summed E-state index contributed by atoms with van der Waals surface area (Å²) in [6.07, 6.45) is -0.563. The lowest BCUT2D eigenvalue weighted by Crippen LogP contribution is -2.24. The number of halogens is 1. The SMILES string of the molecule is O=C(NCc1ccccc1F)OCc1ccccc1. The average molecular weight is 259 g/mol. The molecule has 0 aliphatic heterocycles. The molecule has 2 aromatic rings. The second-order valence-electron chi connectivity index (χ2n) is 4.01. The van der Waals surface area contributed by atoms with E-state index < -0.39 is 6.09 Å². The largest absolute Gasteiger partial charge is 0.445 e. The van der Waals surface area contributed by atoms with Crippen molar-refractivity contribution in [2.75, 3.05) is 0 Å². The van der Waals surface area contributed by atoms with E-state index in [4.69, 9.17) is 4.74 Å². The summed E-state index contributed by atoms with van der Waals surface area (Å²) in [6.45, 7) is 0.310. The molecule has 19 heavy (non-hydrogen) atoms. The number of amides is 1. The van der Waals surface area contributed by atoms with Gasteiger partial charge in [-0.05, 0) is 11.6 Å². The molecular formula is C15H14FNO2. The normalized spacial score (nSPS) is 9.95. The highest BCUT2D eigenvalue weighted by atomic mass is 19.1. The number of nitrogens with one attached hydrogen (secondary N) is 1. The van der Waals surface area contributed by atoms with Gasteiger partial charge in [-0.25, -0.2) is 9.18 Å². The molecule has 0 saturated carbocycles. The van der Waals surface area contributed by atoms with Crippen LogP contribution in [-0.4, -0.2) is 6.09 Å². The van der Waals surface area contributed by atoms with Crippen molar-refractivity contribution < 1.29 is 13.9 Å².